The number of thiazole rings is 1. The summed E-state index contributed by atoms with van der Waals surface area (Å²) in [6, 6.07) is 15.2. The van der Waals surface area contributed by atoms with Crippen LogP contribution in [0.1, 0.15) is 20.8 Å². The fourth-order valence-electron chi connectivity index (χ4n) is 3.46. The van der Waals surface area contributed by atoms with Gasteiger partial charge in [-0.05, 0) is 55.8 Å². The van der Waals surface area contributed by atoms with Crippen molar-refractivity contribution in [1.82, 2.24) is 15.0 Å². The van der Waals surface area contributed by atoms with E-state index in [1.54, 1.807) is 24.8 Å². The summed E-state index contributed by atoms with van der Waals surface area (Å²) in [6.07, 6.45) is 1.58. The maximum absolute atomic E-state index is 13.2. The summed E-state index contributed by atoms with van der Waals surface area (Å²) < 4.78 is 5.21. The van der Waals surface area contributed by atoms with Crippen molar-refractivity contribution in [3.8, 4) is 17.0 Å². The second-order valence-electron chi connectivity index (χ2n) is 7.46. The number of anilines is 1. The van der Waals surface area contributed by atoms with Gasteiger partial charge in [-0.1, -0.05) is 23.9 Å². The van der Waals surface area contributed by atoms with Crippen LogP contribution in [0.2, 0.25) is 0 Å². The normalized spacial score (nSPS) is 11.0. The van der Waals surface area contributed by atoms with E-state index in [9.17, 15) is 4.79 Å². The first-order valence-corrected chi connectivity index (χ1v) is 12.9. The van der Waals surface area contributed by atoms with Crippen molar-refractivity contribution in [1.29, 1.82) is 0 Å². The Bertz CT molecular complexity index is 1490. The average Bonchev–Trinajstić information content (AvgIpc) is 3.44. The first kappa shape index (κ1) is 22.5. The van der Waals surface area contributed by atoms with Crippen LogP contribution in [0.5, 0.6) is 5.75 Å². The number of methoxy groups -OCH3 is 1. The lowest BCUT2D eigenvalue weighted by molar-refractivity contribution is 0.102. The van der Waals surface area contributed by atoms with Gasteiger partial charge in [0, 0.05) is 26.1 Å². The number of nitrogens with zero attached hydrogens (tertiary/aromatic N) is 3. The van der Waals surface area contributed by atoms with Gasteiger partial charge in [-0.3, -0.25) is 10.1 Å². The molecule has 1 N–H and O–H groups in total. The topological polar surface area (TPSA) is 77.0 Å². The number of hydrogen-bond acceptors (Lipinski definition) is 8. The number of nitrogens with one attached hydrogen (secondary N) is 1. The van der Waals surface area contributed by atoms with Crippen molar-refractivity contribution >= 4 is 55.7 Å². The number of hydrogen-bond donors (Lipinski definition) is 1. The van der Waals surface area contributed by atoms with Crippen molar-refractivity contribution in [2.24, 2.45) is 0 Å². The van der Waals surface area contributed by atoms with Crippen LogP contribution >= 0.6 is 34.4 Å². The van der Waals surface area contributed by atoms with Crippen LogP contribution in [0.4, 0.5) is 5.13 Å². The van der Waals surface area contributed by atoms with Crippen molar-refractivity contribution < 1.29 is 9.53 Å². The Morgan fingerprint density at radius 2 is 1.85 bits per heavy atom. The second-order valence-corrected chi connectivity index (χ2v) is 10.6. The van der Waals surface area contributed by atoms with Gasteiger partial charge in [0.2, 0.25) is 0 Å². The van der Waals surface area contributed by atoms with E-state index < -0.39 is 0 Å². The first-order chi connectivity index (χ1) is 16.5. The summed E-state index contributed by atoms with van der Waals surface area (Å²) in [7, 11) is 1.64. The molecule has 0 spiro atoms. The molecule has 0 atom stereocenters. The van der Waals surface area contributed by atoms with E-state index in [1.165, 1.54) is 33.5 Å². The number of rotatable bonds is 6. The van der Waals surface area contributed by atoms with E-state index >= 15 is 0 Å². The van der Waals surface area contributed by atoms with Crippen LogP contribution in [-0.4, -0.2) is 28.0 Å². The minimum absolute atomic E-state index is 0.206. The van der Waals surface area contributed by atoms with Crippen molar-refractivity contribution in [2.75, 3.05) is 12.4 Å². The zero-order valence-electron chi connectivity index (χ0n) is 18.7. The van der Waals surface area contributed by atoms with Crippen molar-refractivity contribution in [2.45, 2.75) is 23.8 Å². The Labute approximate surface area is 209 Å². The number of aryl methyl sites for hydroxylation is 2. The highest BCUT2D eigenvalue weighted by atomic mass is 32.2. The number of thiophene rings is 1. The molecular weight excluding hydrogens is 485 g/mol. The molecule has 3 heterocycles. The van der Waals surface area contributed by atoms with Gasteiger partial charge in [0.05, 0.1) is 18.4 Å². The molecular formula is C25H20N4O2S3. The molecule has 5 aromatic rings. The minimum atomic E-state index is -0.206. The van der Waals surface area contributed by atoms with Gasteiger partial charge in [-0.25, -0.2) is 15.0 Å². The molecule has 1 amide bonds. The standard InChI is InChI=1S/C25H20N4O2S3/c1-14-15(2)33-23-21(14)24(27-13-26-23)34-20-7-5-4-6-18(20)22(30)29-25-28-19(12-32-25)16-8-10-17(31-3)11-9-16/h4-13H,1-3H3,(H,28,29,30). The number of fused-ring (bicyclic) bond motifs is 1. The predicted molar refractivity (Wildman–Crippen MR) is 140 cm³/mol. The molecule has 0 aliphatic heterocycles. The Balaban J connectivity index is 1.39. The molecule has 9 heteroatoms. The van der Waals surface area contributed by atoms with Crippen LogP contribution in [0.3, 0.4) is 0 Å². The summed E-state index contributed by atoms with van der Waals surface area (Å²) in [5.74, 6) is 0.581. The number of aromatic nitrogens is 3. The highest BCUT2D eigenvalue weighted by Gasteiger charge is 2.18. The molecule has 0 radical (unpaired) electrons. The Kier molecular flexibility index (Phi) is 6.32. The maximum Gasteiger partial charge on any atom is 0.258 e. The number of benzene rings is 2. The molecule has 0 aliphatic rings. The highest BCUT2D eigenvalue weighted by molar-refractivity contribution is 7.99. The third kappa shape index (κ3) is 4.42. The molecule has 0 bridgehead atoms. The maximum atomic E-state index is 13.2. The fourth-order valence-corrected chi connectivity index (χ4v) is 6.32. The zero-order chi connectivity index (χ0) is 23.7. The predicted octanol–water partition coefficient (Wildman–Crippen LogP) is 6.84. The van der Waals surface area contributed by atoms with Gasteiger partial charge in [0.25, 0.3) is 5.91 Å². The van der Waals surface area contributed by atoms with E-state index in [-0.39, 0.29) is 5.91 Å². The van der Waals surface area contributed by atoms with Gasteiger partial charge in [0.15, 0.2) is 5.13 Å². The monoisotopic (exact) mass is 504 g/mol. The second kappa shape index (κ2) is 9.54. The van der Waals surface area contributed by atoms with Gasteiger partial charge < -0.3 is 4.74 Å². The first-order valence-electron chi connectivity index (χ1n) is 10.4. The van der Waals surface area contributed by atoms with E-state index in [0.29, 0.717) is 10.7 Å². The van der Waals surface area contributed by atoms with Crippen LogP contribution < -0.4 is 10.1 Å². The van der Waals surface area contributed by atoms with Gasteiger partial charge >= 0.3 is 0 Å². The molecule has 3 aromatic heterocycles. The molecule has 0 saturated carbocycles. The smallest absolute Gasteiger partial charge is 0.258 e. The van der Waals surface area contributed by atoms with Crippen LogP contribution in [0.15, 0.2) is 70.2 Å². The molecule has 0 unspecified atom stereocenters. The summed E-state index contributed by atoms with van der Waals surface area (Å²) in [6.45, 7) is 4.18. The van der Waals surface area contributed by atoms with E-state index in [2.05, 4.69) is 34.1 Å². The molecule has 34 heavy (non-hydrogen) atoms. The Hall–Kier alpha value is -3.27. The van der Waals surface area contributed by atoms with Gasteiger partial charge in [-0.15, -0.1) is 22.7 Å². The highest BCUT2D eigenvalue weighted by Crippen LogP contribution is 2.38. The molecule has 0 fully saturated rings. The average molecular weight is 505 g/mol. The zero-order valence-corrected chi connectivity index (χ0v) is 21.1. The van der Waals surface area contributed by atoms with E-state index in [1.807, 2.05) is 53.9 Å². The number of amides is 1. The summed E-state index contributed by atoms with van der Waals surface area (Å²) in [5, 5.41) is 7.32. The molecule has 6 nitrogen and oxygen atoms in total. The van der Waals surface area contributed by atoms with Crippen LogP contribution in [0.25, 0.3) is 21.5 Å². The van der Waals surface area contributed by atoms with Crippen LogP contribution in [0, 0.1) is 13.8 Å². The van der Waals surface area contributed by atoms with E-state index in [0.717, 1.165) is 37.1 Å². The molecule has 0 aliphatic carbocycles. The van der Waals surface area contributed by atoms with Crippen molar-refractivity contribution in [3.05, 3.63) is 76.2 Å². The molecule has 0 saturated heterocycles. The number of ether oxygens (including phenoxy) is 1. The Morgan fingerprint density at radius 3 is 2.65 bits per heavy atom. The molecule has 5 rings (SSSR count). The lowest BCUT2D eigenvalue weighted by Gasteiger charge is -2.09. The molecule has 2 aromatic carbocycles. The van der Waals surface area contributed by atoms with Gasteiger partial charge in [-0.2, -0.15) is 0 Å². The third-order valence-electron chi connectivity index (χ3n) is 5.38. The number of carbonyl (C=O) groups excluding carboxylic acids is 1. The number of carbonyl (C=O) groups is 1. The summed E-state index contributed by atoms with van der Waals surface area (Å²) in [5.41, 5.74) is 3.52. The fraction of sp³-hybridized carbons (Fsp3) is 0.120. The third-order valence-corrected chi connectivity index (χ3v) is 8.33. The minimum Gasteiger partial charge on any atom is -0.497 e. The summed E-state index contributed by atoms with van der Waals surface area (Å²) in [4.78, 5) is 29.7. The summed E-state index contributed by atoms with van der Waals surface area (Å²) >= 11 is 4.54. The van der Waals surface area contributed by atoms with Gasteiger partial charge in [0.1, 0.15) is 21.9 Å². The van der Waals surface area contributed by atoms with E-state index in [4.69, 9.17) is 4.74 Å². The quantitative estimate of drug-likeness (QED) is 0.255. The van der Waals surface area contributed by atoms with Crippen LogP contribution in [-0.2, 0) is 0 Å². The lowest BCUT2D eigenvalue weighted by Crippen LogP contribution is -2.12. The SMILES string of the molecule is COc1ccc(-c2csc(NC(=O)c3ccccc3Sc3ncnc4sc(C)c(C)c34)n2)cc1. The molecule has 170 valence electrons. The Morgan fingerprint density at radius 1 is 1.06 bits per heavy atom. The lowest BCUT2D eigenvalue weighted by atomic mass is 10.2. The van der Waals surface area contributed by atoms with Crippen molar-refractivity contribution in [3.63, 3.8) is 0 Å². The largest absolute Gasteiger partial charge is 0.497 e.